The molecule has 34 heavy (non-hydrogen) atoms. The summed E-state index contributed by atoms with van der Waals surface area (Å²) in [4.78, 5) is 15.3. The summed E-state index contributed by atoms with van der Waals surface area (Å²) in [5.74, 6) is 11.8. The number of anilines is 1. The van der Waals surface area contributed by atoms with Crippen LogP contribution in [0.4, 0.5) is 10.5 Å². The molecule has 6 nitrogen and oxygen atoms in total. The molecule has 0 spiro atoms. The highest BCUT2D eigenvalue weighted by Crippen LogP contribution is 2.61. The fraction of sp³-hybridized carbons (Fsp3) is 0.269. The average Bonchev–Trinajstić information content (AvgIpc) is 3.59. The molecule has 1 fully saturated rings. The molecule has 1 saturated heterocycles. The number of halogens is 1. The van der Waals surface area contributed by atoms with Gasteiger partial charge in [-0.25, -0.2) is 4.79 Å². The third-order valence-electron chi connectivity index (χ3n) is 6.07. The lowest BCUT2D eigenvalue weighted by Crippen LogP contribution is -2.54. The normalized spacial score (nSPS) is 29.7. The molecule has 0 aromatic heterocycles. The Balaban J connectivity index is 1.41. The molecule has 2 aliphatic heterocycles. The molecule has 1 unspecified atom stereocenters. The predicted octanol–water partition coefficient (Wildman–Crippen LogP) is 3.39. The molecule has 2 aromatic rings. The van der Waals surface area contributed by atoms with Crippen molar-refractivity contribution >= 4 is 34.2 Å². The van der Waals surface area contributed by atoms with Crippen molar-refractivity contribution in [2.45, 2.75) is 35.2 Å². The number of hydrogen-bond donors (Lipinski definition) is 1. The van der Waals surface area contributed by atoms with E-state index in [9.17, 15) is 14.1 Å². The van der Waals surface area contributed by atoms with Crippen LogP contribution in [0.1, 0.15) is 12.5 Å². The second-order valence-electron chi connectivity index (χ2n) is 8.19. The van der Waals surface area contributed by atoms with Crippen LogP contribution in [-0.4, -0.2) is 45.5 Å². The number of rotatable bonds is 4. The van der Waals surface area contributed by atoms with Gasteiger partial charge >= 0.3 is 6.09 Å². The van der Waals surface area contributed by atoms with Gasteiger partial charge in [0.25, 0.3) is 0 Å². The Morgan fingerprint density at radius 2 is 1.94 bits per heavy atom. The zero-order chi connectivity index (χ0) is 23.9. The van der Waals surface area contributed by atoms with Crippen molar-refractivity contribution in [3.05, 3.63) is 71.3 Å². The number of fused-ring (bicyclic) bond motifs is 1. The van der Waals surface area contributed by atoms with Gasteiger partial charge in [0.1, 0.15) is 18.8 Å². The number of para-hydroxylation sites is 1. The topological polar surface area (TPSA) is 79.4 Å². The smallest absolute Gasteiger partial charge is 0.415 e. The maximum absolute atomic E-state index is 13.3. The van der Waals surface area contributed by atoms with Gasteiger partial charge < -0.3 is 14.6 Å². The van der Waals surface area contributed by atoms with Gasteiger partial charge in [0, 0.05) is 15.5 Å². The number of aliphatic hydroxyl groups is 1. The van der Waals surface area contributed by atoms with Crippen molar-refractivity contribution in [3.63, 3.8) is 0 Å². The van der Waals surface area contributed by atoms with E-state index in [1.165, 1.54) is 4.90 Å². The second kappa shape index (κ2) is 8.61. The molecule has 3 aliphatic rings. The van der Waals surface area contributed by atoms with Gasteiger partial charge in [-0.3, -0.25) is 9.11 Å². The third-order valence-corrected chi connectivity index (χ3v) is 7.66. The van der Waals surface area contributed by atoms with Crippen LogP contribution in [0.3, 0.4) is 0 Å². The summed E-state index contributed by atoms with van der Waals surface area (Å²) >= 11 is 5.88. The van der Waals surface area contributed by atoms with Gasteiger partial charge in [-0.05, 0) is 49.4 Å². The van der Waals surface area contributed by atoms with Crippen LogP contribution in [0.5, 0.6) is 0 Å². The first kappa shape index (κ1) is 22.7. The van der Waals surface area contributed by atoms with E-state index in [0.29, 0.717) is 21.2 Å². The van der Waals surface area contributed by atoms with Crippen molar-refractivity contribution in [1.29, 1.82) is 0 Å². The number of allylic oxidation sites excluding steroid dienone is 2. The summed E-state index contributed by atoms with van der Waals surface area (Å²) in [6.07, 6.45) is 1.91. The van der Waals surface area contributed by atoms with E-state index < -0.39 is 40.2 Å². The minimum absolute atomic E-state index is 0.0490. The van der Waals surface area contributed by atoms with E-state index in [1.54, 1.807) is 55.5 Å². The largest absolute Gasteiger partial charge is 0.448 e. The maximum atomic E-state index is 13.3. The van der Waals surface area contributed by atoms with Gasteiger partial charge in [-0.1, -0.05) is 53.5 Å². The Bertz CT molecular complexity index is 1330. The van der Waals surface area contributed by atoms with Crippen LogP contribution < -0.4 is 4.90 Å². The first-order valence-corrected chi connectivity index (χ1v) is 12.3. The fourth-order valence-electron chi connectivity index (χ4n) is 4.43. The minimum atomic E-state index is -1.50. The summed E-state index contributed by atoms with van der Waals surface area (Å²) in [7, 11) is -1.35. The number of amides is 1. The molecule has 2 heterocycles. The Kier molecular flexibility index (Phi) is 5.75. The number of benzene rings is 2. The molecule has 8 heteroatoms. The molecule has 2 aromatic carbocycles. The SMILES string of the molecule is C[C@]1(O)C#C/C=C\C#C[C@@H]2[C@H]3O[C@@]31c1ccccc1N2C(=O)OCCS(=O)c1ccc(Cl)cc1. The van der Waals surface area contributed by atoms with E-state index in [1.807, 2.05) is 12.1 Å². The summed E-state index contributed by atoms with van der Waals surface area (Å²) in [6, 6.07) is 13.2. The van der Waals surface area contributed by atoms with Gasteiger partial charge in [0.15, 0.2) is 11.2 Å². The van der Waals surface area contributed by atoms with Crippen LogP contribution in [-0.2, 0) is 25.9 Å². The molecule has 0 saturated carbocycles. The Labute approximate surface area is 205 Å². The molecule has 5 rings (SSSR count). The lowest BCUT2D eigenvalue weighted by Gasteiger charge is -2.38. The van der Waals surface area contributed by atoms with Crippen LogP contribution in [0.2, 0.25) is 5.02 Å². The van der Waals surface area contributed by atoms with Crippen molar-refractivity contribution in [1.82, 2.24) is 0 Å². The van der Waals surface area contributed by atoms with Crippen molar-refractivity contribution in [3.8, 4) is 23.7 Å². The molecule has 172 valence electrons. The van der Waals surface area contributed by atoms with E-state index >= 15 is 0 Å². The van der Waals surface area contributed by atoms with Gasteiger partial charge in [0.2, 0.25) is 0 Å². The molecule has 1 aliphatic carbocycles. The van der Waals surface area contributed by atoms with Crippen molar-refractivity contribution in [2.24, 2.45) is 0 Å². The quantitative estimate of drug-likeness (QED) is 0.521. The van der Waals surface area contributed by atoms with Crippen LogP contribution in [0.15, 0.2) is 65.6 Å². The second-order valence-corrected chi connectivity index (χ2v) is 10.2. The Hall–Kier alpha value is -3.07. The lowest BCUT2D eigenvalue weighted by molar-refractivity contribution is 0.0264. The van der Waals surface area contributed by atoms with E-state index in [2.05, 4.69) is 23.7 Å². The zero-order valence-corrected chi connectivity index (χ0v) is 19.7. The monoisotopic (exact) mass is 493 g/mol. The average molecular weight is 494 g/mol. The number of carbonyl (C=O) groups excluding carboxylic acids is 1. The number of ether oxygens (including phenoxy) is 2. The van der Waals surface area contributed by atoms with Crippen molar-refractivity contribution in [2.75, 3.05) is 17.3 Å². The van der Waals surface area contributed by atoms with E-state index in [4.69, 9.17) is 21.1 Å². The summed E-state index contributed by atoms with van der Waals surface area (Å²) in [5.41, 5.74) is -1.43. The Morgan fingerprint density at radius 1 is 1.21 bits per heavy atom. The van der Waals surface area contributed by atoms with Crippen LogP contribution >= 0.6 is 11.6 Å². The molecular formula is C26H20ClNO5S. The summed E-state index contributed by atoms with van der Waals surface area (Å²) < 4.78 is 24.2. The lowest BCUT2D eigenvalue weighted by atomic mass is 9.75. The molecule has 0 radical (unpaired) electrons. The Morgan fingerprint density at radius 3 is 2.74 bits per heavy atom. The molecule has 1 N–H and O–H groups in total. The van der Waals surface area contributed by atoms with Crippen LogP contribution in [0, 0.1) is 23.7 Å². The fourth-order valence-corrected chi connectivity index (χ4v) is 5.47. The highest BCUT2D eigenvalue weighted by molar-refractivity contribution is 7.85. The first-order valence-electron chi connectivity index (χ1n) is 10.6. The highest BCUT2D eigenvalue weighted by Gasteiger charge is 2.74. The van der Waals surface area contributed by atoms with Gasteiger partial charge in [-0.15, -0.1) is 0 Å². The maximum Gasteiger partial charge on any atom is 0.415 e. The van der Waals surface area contributed by atoms with Gasteiger partial charge in [-0.2, -0.15) is 0 Å². The zero-order valence-electron chi connectivity index (χ0n) is 18.2. The number of carbonyl (C=O) groups is 1. The van der Waals surface area contributed by atoms with Gasteiger partial charge in [0.05, 0.1) is 22.2 Å². The standard InChI is InChI=1S/C26H20ClNO5S/c1-25(30)15-7-3-2-4-10-22-23-26(25,33-23)20-8-5-6-9-21(20)28(22)24(29)32-16-17-34(31)19-13-11-18(27)12-14-19/h2-3,5-6,8-9,11-14,22-23,30H,16-17H2,1H3/b3-2-/t22-,23-,25+,26+,34?/m1/s1. The molecule has 2 bridgehead atoms. The first-order chi connectivity index (χ1) is 16.3. The summed E-state index contributed by atoms with van der Waals surface area (Å²) in [5, 5.41) is 11.8. The number of epoxide rings is 1. The van der Waals surface area contributed by atoms with E-state index in [-0.39, 0.29) is 12.4 Å². The molecule has 5 atom stereocenters. The van der Waals surface area contributed by atoms with Crippen molar-refractivity contribution < 1.29 is 23.6 Å². The van der Waals surface area contributed by atoms with E-state index in [0.717, 1.165) is 0 Å². The highest BCUT2D eigenvalue weighted by atomic mass is 35.5. The molecular weight excluding hydrogens is 474 g/mol. The number of hydrogen-bond acceptors (Lipinski definition) is 5. The summed E-state index contributed by atoms with van der Waals surface area (Å²) in [6.45, 7) is 1.56. The minimum Gasteiger partial charge on any atom is -0.448 e. The third kappa shape index (κ3) is 3.72. The van der Waals surface area contributed by atoms with Crippen LogP contribution in [0.25, 0.3) is 0 Å². The predicted molar refractivity (Wildman–Crippen MR) is 129 cm³/mol. The number of nitrogens with zero attached hydrogens (tertiary/aromatic N) is 1. The molecule has 1 amide bonds.